The highest BCUT2D eigenvalue weighted by Crippen LogP contribution is 2.20. The zero-order valence-corrected chi connectivity index (χ0v) is 11.7. The van der Waals surface area contributed by atoms with E-state index in [2.05, 4.69) is 31.2 Å². The summed E-state index contributed by atoms with van der Waals surface area (Å²) in [6.45, 7) is 2.83. The normalized spacial score (nSPS) is 12.6. The molecule has 0 saturated heterocycles. The molecule has 3 nitrogen and oxygen atoms in total. The van der Waals surface area contributed by atoms with Gasteiger partial charge in [0.15, 0.2) is 0 Å². The van der Waals surface area contributed by atoms with Gasteiger partial charge < -0.3 is 10.3 Å². The van der Waals surface area contributed by atoms with Crippen LogP contribution in [0.15, 0.2) is 35.1 Å². The van der Waals surface area contributed by atoms with E-state index in [9.17, 15) is 4.39 Å². The number of hydrogen-bond acceptors (Lipinski definition) is 2. The monoisotopic (exact) mass is 311 g/mol. The van der Waals surface area contributed by atoms with Crippen molar-refractivity contribution in [2.75, 3.05) is 6.54 Å². The molecule has 1 atom stereocenters. The van der Waals surface area contributed by atoms with E-state index in [1.807, 2.05) is 13.0 Å². The van der Waals surface area contributed by atoms with Crippen molar-refractivity contribution >= 4 is 15.9 Å². The predicted molar refractivity (Wildman–Crippen MR) is 72.8 cm³/mol. The summed E-state index contributed by atoms with van der Waals surface area (Å²) in [5.41, 5.74) is 0.681. The minimum atomic E-state index is -0.196. The number of likely N-dealkylation sites (N-methyl/N-ethyl adjacent to an activating group) is 1. The molecular formula is C13H15BrFN3. The highest BCUT2D eigenvalue weighted by atomic mass is 79.9. The summed E-state index contributed by atoms with van der Waals surface area (Å²) in [7, 11) is 0. The van der Waals surface area contributed by atoms with E-state index < -0.39 is 0 Å². The van der Waals surface area contributed by atoms with Gasteiger partial charge in [-0.15, -0.1) is 0 Å². The molecule has 0 fully saturated rings. The average Bonchev–Trinajstić information content (AvgIpc) is 2.85. The molecular weight excluding hydrogens is 297 g/mol. The first-order chi connectivity index (χ1) is 8.70. The van der Waals surface area contributed by atoms with Crippen LogP contribution >= 0.6 is 15.9 Å². The van der Waals surface area contributed by atoms with Crippen LogP contribution < -0.4 is 5.32 Å². The van der Waals surface area contributed by atoms with Gasteiger partial charge in [-0.1, -0.05) is 28.9 Å². The van der Waals surface area contributed by atoms with Crippen molar-refractivity contribution in [3.8, 4) is 0 Å². The lowest BCUT2D eigenvalue weighted by molar-refractivity contribution is 0.509. The Morgan fingerprint density at radius 3 is 2.94 bits per heavy atom. The summed E-state index contributed by atoms with van der Waals surface area (Å²) in [4.78, 5) is 7.30. The van der Waals surface area contributed by atoms with E-state index in [1.54, 1.807) is 18.5 Å². The number of nitrogens with zero attached hydrogens (tertiary/aromatic N) is 1. The number of rotatable bonds is 5. The van der Waals surface area contributed by atoms with Gasteiger partial charge in [0, 0.05) is 16.9 Å². The molecule has 1 heterocycles. The number of H-pyrrole nitrogens is 1. The molecule has 1 unspecified atom stereocenters. The highest BCUT2D eigenvalue weighted by Gasteiger charge is 2.15. The van der Waals surface area contributed by atoms with E-state index in [1.165, 1.54) is 6.07 Å². The molecule has 0 aliphatic heterocycles. The van der Waals surface area contributed by atoms with Crippen molar-refractivity contribution in [3.05, 3.63) is 52.3 Å². The molecule has 0 aliphatic carbocycles. The Labute approximate surface area is 114 Å². The third kappa shape index (κ3) is 3.17. The number of halogens is 2. The standard InChI is InChI=1S/C13H15BrFN3/c1-2-16-12(13-17-5-6-18-13)7-9-3-4-10(14)8-11(9)15/h3-6,8,12,16H,2,7H2,1H3,(H,17,18). The Kier molecular flexibility index (Phi) is 4.49. The Balaban J connectivity index is 2.18. The summed E-state index contributed by atoms with van der Waals surface area (Å²) >= 11 is 3.26. The van der Waals surface area contributed by atoms with Gasteiger partial charge in [-0.3, -0.25) is 0 Å². The van der Waals surface area contributed by atoms with Crippen molar-refractivity contribution in [1.82, 2.24) is 15.3 Å². The number of imidazole rings is 1. The molecule has 0 spiro atoms. The fourth-order valence-corrected chi connectivity index (χ4v) is 2.22. The molecule has 0 aliphatic rings. The highest BCUT2D eigenvalue weighted by molar-refractivity contribution is 9.10. The molecule has 0 radical (unpaired) electrons. The van der Waals surface area contributed by atoms with Crippen molar-refractivity contribution in [1.29, 1.82) is 0 Å². The van der Waals surface area contributed by atoms with Crippen LogP contribution in [0.2, 0.25) is 0 Å². The fourth-order valence-electron chi connectivity index (χ4n) is 1.89. The molecule has 0 saturated carbocycles. The van der Waals surface area contributed by atoms with Gasteiger partial charge >= 0.3 is 0 Å². The fraction of sp³-hybridized carbons (Fsp3) is 0.308. The lowest BCUT2D eigenvalue weighted by atomic mass is 10.0. The minimum absolute atomic E-state index is 0.000625. The van der Waals surface area contributed by atoms with E-state index in [-0.39, 0.29) is 11.9 Å². The second kappa shape index (κ2) is 6.11. The van der Waals surface area contributed by atoms with Crippen LogP contribution in [0, 0.1) is 5.82 Å². The van der Waals surface area contributed by atoms with Crippen LogP contribution in [-0.4, -0.2) is 16.5 Å². The Morgan fingerprint density at radius 2 is 2.33 bits per heavy atom. The quantitative estimate of drug-likeness (QED) is 0.890. The number of nitrogens with one attached hydrogen (secondary N) is 2. The van der Waals surface area contributed by atoms with Gasteiger partial charge in [-0.05, 0) is 30.7 Å². The smallest absolute Gasteiger partial charge is 0.127 e. The second-order valence-electron chi connectivity index (χ2n) is 4.02. The number of hydrogen-bond donors (Lipinski definition) is 2. The van der Waals surface area contributed by atoms with Gasteiger partial charge in [-0.25, -0.2) is 9.37 Å². The molecule has 2 N–H and O–H groups in total. The zero-order valence-electron chi connectivity index (χ0n) is 10.1. The largest absolute Gasteiger partial charge is 0.347 e. The molecule has 5 heteroatoms. The van der Waals surface area contributed by atoms with Gasteiger partial charge in [0.25, 0.3) is 0 Å². The molecule has 0 amide bonds. The summed E-state index contributed by atoms with van der Waals surface area (Å²) < 4.78 is 14.6. The summed E-state index contributed by atoms with van der Waals surface area (Å²) in [5, 5.41) is 3.30. The van der Waals surface area contributed by atoms with Crippen molar-refractivity contribution in [2.24, 2.45) is 0 Å². The first-order valence-electron chi connectivity index (χ1n) is 5.87. The summed E-state index contributed by atoms with van der Waals surface area (Å²) in [6.07, 6.45) is 4.05. The Hall–Kier alpha value is -1.20. The Bertz CT molecular complexity index is 499. The molecule has 0 bridgehead atoms. The summed E-state index contributed by atoms with van der Waals surface area (Å²) in [6, 6.07) is 5.14. The average molecular weight is 312 g/mol. The maximum atomic E-state index is 13.8. The van der Waals surface area contributed by atoms with E-state index in [0.717, 1.165) is 16.8 Å². The van der Waals surface area contributed by atoms with E-state index in [0.29, 0.717) is 12.0 Å². The topological polar surface area (TPSA) is 40.7 Å². The van der Waals surface area contributed by atoms with Crippen molar-refractivity contribution < 1.29 is 4.39 Å². The summed E-state index contributed by atoms with van der Waals surface area (Å²) in [5.74, 6) is 0.637. The lowest BCUT2D eigenvalue weighted by Gasteiger charge is -2.16. The van der Waals surface area contributed by atoms with Crippen LogP contribution in [0.4, 0.5) is 4.39 Å². The van der Waals surface area contributed by atoms with Crippen molar-refractivity contribution in [3.63, 3.8) is 0 Å². The lowest BCUT2D eigenvalue weighted by Crippen LogP contribution is -2.24. The molecule has 96 valence electrons. The molecule has 1 aromatic carbocycles. The first-order valence-corrected chi connectivity index (χ1v) is 6.66. The second-order valence-corrected chi connectivity index (χ2v) is 4.94. The molecule has 1 aromatic heterocycles. The third-order valence-corrected chi connectivity index (χ3v) is 3.23. The molecule has 18 heavy (non-hydrogen) atoms. The SMILES string of the molecule is CCNC(Cc1ccc(Br)cc1F)c1ncc[nH]1. The van der Waals surface area contributed by atoms with Crippen LogP contribution in [0.25, 0.3) is 0 Å². The van der Waals surface area contributed by atoms with Gasteiger partial charge in [0.2, 0.25) is 0 Å². The van der Waals surface area contributed by atoms with E-state index in [4.69, 9.17) is 0 Å². The van der Waals surface area contributed by atoms with Gasteiger partial charge in [-0.2, -0.15) is 0 Å². The number of benzene rings is 1. The number of aromatic nitrogens is 2. The first kappa shape index (κ1) is 13.2. The molecule has 2 rings (SSSR count). The minimum Gasteiger partial charge on any atom is -0.347 e. The van der Waals surface area contributed by atoms with Crippen LogP contribution in [0.1, 0.15) is 24.4 Å². The molecule has 2 aromatic rings. The van der Waals surface area contributed by atoms with Crippen LogP contribution in [0.5, 0.6) is 0 Å². The Morgan fingerprint density at radius 1 is 1.50 bits per heavy atom. The van der Waals surface area contributed by atoms with Gasteiger partial charge in [0.05, 0.1) is 6.04 Å². The van der Waals surface area contributed by atoms with Crippen LogP contribution in [0.3, 0.4) is 0 Å². The van der Waals surface area contributed by atoms with E-state index >= 15 is 0 Å². The van der Waals surface area contributed by atoms with Crippen LogP contribution in [-0.2, 0) is 6.42 Å². The number of aromatic amines is 1. The predicted octanol–water partition coefficient (Wildman–Crippen LogP) is 3.20. The van der Waals surface area contributed by atoms with Crippen molar-refractivity contribution in [2.45, 2.75) is 19.4 Å². The maximum Gasteiger partial charge on any atom is 0.127 e. The van der Waals surface area contributed by atoms with Gasteiger partial charge in [0.1, 0.15) is 11.6 Å². The zero-order chi connectivity index (χ0) is 13.0. The third-order valence-electron chi connectivity index (χ3n) is 2.74. The maximum absolute atomic E-state index is 13.8.